The molecule has 130 valence electrons. The summed E-state index contributed by atoms with van der Waals surface area (Å²) in [6.45, 7) is -0.270. The van der Waals surface area contributed by atoms with E-state index < -0.39 is 17.8 Å². The minimum absolute atomic E-state index is 0.144. The number of imidazole rings is 1. The van der Waals surface area contributed by atoms with E-state index in [1.807, 2.05) is 0 Å². The summed E-state index contributed by atoms with van der Waals surface area (Å²) in [5, 5.41) is 9.78. The normalized spacial score (nSPS) is 12.2. The molecule has 6 nitrogen and oxygen atoms in total. The summed E-state index contributed by atoms with van der Waals surface area (Å²) in [5.41, 5.74) is 1.73. The van der Waals surface area contributed by atoms with Gasteiger partial charge < -0.3 is 19.7 Å². The van der Waals surface area contributed by atoms with Crippen molar-refractivity contribution in [2.75, 3.05) is 20.8 Å². The Labute approximate surface area is 143 Å². The molecular weight excluding hydrogens is 325 g/mol. The molecule has 0 aliphatic carbocycles. The summed E-state index contributed by atoms with van der Waals surface area (Å²) in [6, 6.07) is 8.93. The molecule has 0 fully saturated rings. The number of aromatic amines is 1. The fourth-order valence-electron chi connectivity index (χ4n) is 2.79. The van der Waals surface area contributed by atoms with Gasteiger partial charge in [0.05, 0.1) is 37.2 Å². The number of methoxy groups -OCH3 is 1. The Hall–Kier alpha value is -2.93. The Kier molecular flexibility index (Phi) is 4.67. The van der Waals surface area contributed by atoms with E-state index in [4.69, 9.17) is 4.74 Å². The van der Waals surface area contributed by atoms with Gasteiger partial charge in [0, 0.05) is 7.05 Å². The lowest BCUT2D eigenvalue weighted by Crippen LogP contribution is -2.33. The highest BCUT2D eigenvalue weighted by Gasteiger charge is 2.25. The second-order valence-corrected chi connectivity index (χ2v) is 5.64. The smallest absolute Gasteiger partial charge is 0.256 e. The van der Waals surface area contributed by atoms with Gasteiger partial charge >= 0.3 is 0 Å². The number of ether oxygens (including phenoxy) is 1. The van der Waals surface area contributed by atoms with Crippen molar-refractivity contribution in [3.63, 3.8) is 0 Å². The molecule has 1 unspecified atom stereocenters. The van der Waals surface area contributed by atoms with Crippen molar-refractivity contribution in [1.29, 1.82) is 0 Å². The fraction of sp³-hybridized carbons (Fsp3) is 0.222. The molecular formula is C18H18FN3O3. The SMILES string of the molecule is COc1ccc(C(CO)N(C)C(=O)c2cc(F)cc3[nH]cnc23)cc1. The van der Waals surface area contributed by atoms with Gasteiger partial charge in [0.1, 0.15) is 17.1 Å². The van der Waals surface area contributed by atoms with Crippen molar-refractivity contribution in [2.24, 2.45) is 0 Å². The maximum absolute atomic E-state index is 13.8. The topological polar surface area (TPSA) is 78.5 Å². The van der Waals surface area contributed by atoms with Gasteiger partial charge in [-0.25, -0.2) is 9.37 Å². The third kappa shape index (κ3) is 3.18. The number of carbonyl (C=O) groups is 1. The molecule has 3 rings (SSSR count). The first-order valence-electron chi connectivity index (χ1n) is 7.69. The average Bonchev–Trinajstić information content (AvgIpc) is 3.09. The highest BCUT2D eigenvalue weighted by atomic mass is 19.1. The Balaban J connectivity index is 1.95. The molecule has 1 amide bonds. The fourth-order valence-corrected chi connectivity index (χ4v) is 2.79. The van der Waals surface area contributed by atoms with E-state index in [0.29, 0.717) is 16.8 Å². The van der Waals surface area contributed by atoms with Crippen LogP contribution in [0.1, 0.15) is 22.0 Å². The highest BCUT2D eigenvalue weighted by Crippen LogP contribution is 2.25. The number of hydrogen-bond acceptors (Lipinski definition) is 4. The second kappa shape index (κ2) is 6.90. The number of carbonyl (C=O) groups excluding carboxylic acids is 1. The van der Waals surface area contributed by atoms with E-state index >= 15 is 0 Å². The van der Waals surface area contributed by atoms with Crippen LogP contribution >= 0.6 is 0 Å². The zero-order valence-electron chi connectivity index (χ0n) is 13.9. The standard InChI is InChI=1S/C18H18FN3O3/c1-22(16(9-23)11-3-5-13(25-2)6-4-11)18(24)14-7-12(19)8-15-17(14)21-10-20-15/h3-8,10,16,23H,9H2,1-2H3,(H,20,21). The van der Waals surface area contributed by atoms with Crippen LogP contribution < -0.4 is 4.74 Å². The van der Waals surface area contributed by atoms with Gasteiger partial charge in [0.2, 0.25) is 0 Å². The number of benzene rings is 2. The Morgan fingerprint density at radius 3 is 2.72 bits per heavy atom. The molecule has 1 heterocycles. The first-order valence-corrected chi connectivity index (χ1v) is 7.69. The number of aromatic nitrogens is 2. The van der Waals surface area contributed by atoms with Crippen LogP contribution in [0.3, 0.4) is 0 Å². The number of aliphatic hydroxyl groups excluding tert-OH is 1. The van der Waals surface area contributed by atoms with Crippen LogP contribution in [0.25, 0.3) is 11.0 Å². The van der Waals surface area contributed by atoms with Crippen LogP contribution in [-0.2, 0) is 0 Å². The van der Waals surface area contributed by atoms with Gasteiger partial charge in [-0.1, -0.05) is 12.1 Å². The summed E-state index contributed by atoms with van der Waals surface area (Å²) in [7, 11) is 3.13. The van der Waals surface area contributed by atoms with Crippen molar-refractivity contribution >= 4 is 16.9 Å². The molecule has 0 saturated heterocycles. The molecule has 25 heavy (non-hydrogen) atoms. The van der Waals surface area contributed by atoms with Crippen LogP contribution in [0, 0.1) is 5.82 Å². The summed E-state index contributed by atoms with van der Waals surface area (Å²) in [5.74, 6) is -0.275. The van der Waals surface area contributed by atoms with E-state index in [1.54, 1.807) is 38.4 Å². The predicted octanol–water partition coefficient (Wildman–Crippen LogP) is 2.52. The third-order valence-corrected chi connectivity index (χ3v) is 4.18. The molecule has 2 aromatic carbocycles. The van der Waals surface area contributed by atoms with Crippen molar-refractivity contribution in [3.05, 3.63) is 59.7 Å². The van der Waals surface area contributed by atoms with Crippen molar-refractivity contribution in [2.45, 2.75) is 6.04 Å². The van der Waals surface area contributed by atoms with Gasteiger partial charge in [0.15, 0.2) is 0 Å². The lowest BCUT2D eigenvalue weighted by atomic mass is 10.0. The van der Waals surface area contributed by atoms with E-state index in [0.717, 1.165) is 11.6 Å². The molecule has 0 saturated carbocycles. The molecule has 0 radical (unpaired) electrons. The monoisotopic (exact) mass is 343 g/mol. The number of nitrogens with one attached hydrogen (secondary N) is 1. The molecule has 0 spiro atoms. The Bertz CT molecular complexity index is 892. The number of nitrogens with zero attached hydrogens (tertiary/aromatic N) is 2. The molecule has 3 aromatic rings. The van der Waals surface area contributed by atoms with Gasteiger partial charge in [-0.3, -0.25) is 4.79 Å². The predicted molar refractivity (Wildman–Crippen MR) is 91.0 cm³/mol. The molecule has 1 atom stereocenters. The maximum Gasteiger partial charge on any atom is 0.256 e. The zero-order chi connectivity index (χ0) is 18.0. The van der Waals surface area contributed by atoms with Crippen LogP contribution in [0.2, 0.25) is 0 Å². The molecule has 2 N–H and O–H groups in total. The molecule has 0 aliphatic rings. The quantitative estimate of drug-likeness (QED) is 0.746. The Morgan fingerprint density at radius 1 is 1.36 bits per heavy atom. The minimum atomic E-state index is -0.573. The minimum Gasteiger partial charge on any atom is -0.497 e. The number of fused-ring (bicyclic) bond motifs is 1. The molecule has 1 aromatic heterocycles. The van der Waals surface area contributed by atoms with Crippen LogP contribution in [0.5, 0.6) is 5.75 Å². The number of halogens is 1. The summed E-state index contributed by atoms with van der Waals surface area (Å²) in [6.07, 6.45) is 1.41. The van der Waals surface area contributed by atoms with Crippen molar-refractivity contribution in [1.82, 2.24) is 14.9 Å². The van der Waals surface area contributed by atoms with Gasteiger partial charge in [-0.05, 0) is 29.8 Å². The highest BCUT2D eigenvalue weighted by molar-refractivity contribution is 6.04. The average molecular weight is 343 g/mol. The number of rotatable bonds is 5. The lowest BCUT2D eigenvalue weighted by molar-refractivity contribution is 0.0660. The maximum atomic E-state index is 13.8. The number of H-pyrrole nitrogens is 1. The van der Waals surface area contributed by atoms with E-state index in [9.17, 15) is 14.3 Å². The molecule has 0 aliphatic heterocycles. The third-order valence-electron chi connectivity index (χ3n) is 4.18. The molecule has 7 heteroatoms. The summed E-state index contributed by atoms with van der Waals surface area (Å²) < 4.78 is 18.9. The van der Waals surface area contributed by atoms with E-state index in [1.165, 1.54) is 17.3 Å². The first-order chi connectivity index (χ1) is 12.0. The number of amides is 1. The summed E-state index contributed by atoms with van der Waals surface area (Å²) >= 11 is 0. The van der Waals surface area contributed by atoms with Gasteiger partial charge in [-0.2, -0.15) is 0 Å². The van der Waals surface area contributed by atoms with Crippen LogP contribution in [-0.4, -0.2) is 46.6 Å². The van der Waals surface area contributed by atoms with Crippen LogP contribution in [0.4, 0.5) is 4.39 Å². The van der Waals surface area contributed by atoms with Crippen molar-refractivity contribution in [3.8, 4) is 5.75 Å². The lowest BCUT2D eigenvalue weighted by Gasteiger charge is -2.27. The Morgan fingerprint density at radius 2 is 2.08 bits per heavy atom. The van der Waals surface area contributed by atoms with Gasteiger partial charge in [-0.15, -0.1) is 0 Å². The zero-order valence-corrected chi connectivity index (χ0v) is 13.9. The van der Waals surface area contributed by atoms with Crippen LogP contribution in [0.15, 0.2) is 42.7 Å². The van der Waals surface area contributed by atoms with Gasteiger partial charge in [0.25, 0.3) is 5.91 Å². The summed E-state index contributed by atoms with van der Waals surface area (Å²) in [4.78, 5) is 21.1. The largest absolute Gasteiger partial charge is 0.497 e. The van der Waals surface area contributed by atoms with E-state index in [-0.39, 0.29) is 12.2 Å². The molecule has 0 bridgehead atoms. The van der Waals surface area contributed by atoms with Crippen molar-refractivity contribution < 1.29 is 19.0 Å². The number of hydrogen-bond donors (Lipinski definition) is 2. The number of likely N-dealkylation sites (N-methyl/N-ethyl adjacent to an activating group) is 1. The van der Waals surface area contributed by atoms with E-state index in [2.05, 4.69) is 9.97 Å². The second-order valence-electron chi connectivity index (χ2n) is 5.64. The number of aliphatic hydroxyl groups is 1. The first kappa shape index (κ1) is 16.9.